The molecule has 0 aliphatic heterocycles. The summed E-state index contributed by atoms with van der Waals surface area (Å²) in [6.07, 6.45) is 0. The van der Waals surface area contributed by atoms with Crippen LogP contribution < -0.4 is 5.73 Å². The molecule has 0 radical (unpaired) electrons. The molecule has 2 nitrogen and oxygen atoms in total. The Labute approximate surface area is 87.7 Å². The van der Waals surface area contributed by atoms with Crippen LogP contribution >= 0.6 is 0 Å². The van der Waals surface area contributed by atoms with Crippen LogP contribution in [0.1, 0.15) is 25.5 Å². The van der Waals surface area contributed by atoms with Gasteiger partial charge in [-0.15, -0.1) is 0 Å². The summed E-state index contributed by atoms with van der Waals surface area (Å²) < 4.78 is 26.0. The first-order valence-corrected chi connectivity index (χ1v) is 4.70. The van der Waals surface area contributed by atoms with Crippen molar-refractivity contribution in [2.75, 3.05) is 6.61 Å². The Kier molecular flexibility index (Phi) is 3.42. The molecule has 0 aromatic heterocycles. The van der Waals surface area contributed by atoms with Crippen LogP contribution in [0.2, 0.25) is 0 Å². The second kappa shape index (κ2) is 4.24. The van der Waals surface area contributed by atoms with Gasteiger partial charge >= 0.3 is 0 Å². The third-order valence-electron chi connectivity index (χ3n) is 2.55. The second-order valence-electron chi connectivity index (χ2n) is 4.29. The van der Waals surface area contributed by atoms with Gasteiger partial charge < -0.3 is 10.8 Å². The van der Waals surface area contributed by atoms with E-state index in [2.05, 4.69) is 0 Å². The summed E-state index contributed by atoms with van der Waals surface area (Å²) in [6.45, 7) is 3.28. The monoisotopic (exact) mass is 215 g/mol. The summed E-state index contributed by atoms with van der Waals surface area (Å²) in [5.41, 5.74) is 5.39. The standard InChI is InChI=1S/C11H15F2NO/c1-11(2,6-15)10(14)8-4-3-7(12)5-9(8)13/h3-5,10,15H,6,14H2,1-2H3/t10-/m0/s1. The molecule has 3 N–H and O–H groups in total. The third kappa shape index (κ3) is 2.52. The van der Waals surface area contributed by atoms with Crippen LogP contribution in [0.5, 0.6) is 0 Å². The molecule has 0 aliphatic carbocycles. The molecule has 0 spiro atoms. The lowest BCUT2D eigenvalue weighted by molar-refractivity contribution is 0.130. The van der Waals surface area contributed by atoms with Crippen molar-refractivity contribution in [3.63, 3.8) is 0 Å². The zero-order valence-electron chi connectivity index (χ0n) is 8.80. The van der Waals surface area contributed by atoms with Crippen molar-refractivity contribution in [2.24, 2.45) is 11.1 Å². The van der Waals surface area contributed by atoms with Gasteiger partial charge in [0.1, 0.15) is 11.6 Å². The van der Waals surface area contributed by atoms with Crippen LogP contribution in [0.4, 0.5) is 8.78 Å². The molecule has 1 atom stereocenters. The highest BCUT2D eigenvalue weighted by atomic mass is 19.1. The fraction of sp³-hybridized carbons (Fsp3) is 0.455. The van der Waals surface area contributed by atoms with Gasteiger partial charge in [-0.1, -0.05) is 19.9 Å². The summed E-state index contributed by atoms with van der Waals surface area (Å²) in [6, 6.07) is 2.60. The molecule has 0 amide bonds. The van der Waals surface area contributed by atoms with Crippen molar-refractivity contribution >= 4 is 0 Å². The van der Waals surface area contributed by atoms with Crippen LogP contribution in [0.25, 0.3) is 0 Å². The Balaban J connectivity index is 3.06. The molecule has 0 saturated heterocycles. The van der Waals surface area contributed by atoms with Gasteiger partial charge in [-0.3, -0.25) is 0 Å². The average Bonchev–Trinajstić information content (AvgIpc) is 2.17. The maximum absolute atomic E-state index is 13.4. The van der Waals surface area contributed by atoms with E-state index in [0.29, 0.717) is 0 Å². The molecule has 1 aromatic rings. The molecule has 0 saturated carbocycles. The molecule has 1 aromatic carbocycles. The topological polar surface area (TPSA) is 46.2 Å². The maximum Gasteiger partial charge on any atom is 0.130 e. The van der Waals surface area contributed by atoms with Gasteiger partial charge in [-0.2, -0.15) is 0 Å². The first-order chi connectivity index (χ1) is 6.88. The first-order valence-electron chi connectivity index (χ1n) is 4.70. The molecule has 4 heteroatoms. The quantitative estimate of drug-likeness (QED) is 0.809. The van der Waals surface area contributed by atoms with E-state index >= 15 is 0 Å². The van der Waals surface area contributed by atoms with Crippen LogP contribution in [0.3, 0.4) is 0 Å². The molecule has 1 rings (SSSR count). The van der Waals surface area contributed by atoms with E-state index in [9.17, 15) is 8.78 Å². The van der Waals surface area contributed by atoms with Crippen LogP contribution in [0.15, 0.2) is 18.2 Å². The lowest BCUT2D eigenvalue weighted by atomic mass is 9.81. The number of nitrogens with two attached hydrogens (primary N) is 1. The lowest BCUT2D eigenvalue weighted by Gasteiger charge is -2.29. The number of halogens is 2. The number of hydrogen-bond acceptors (Lipinski definition) is 2. The van der Waals surface area contributed by atoms with E-state index in [0.717, 1.165) is 12.1 Å². The van der Waals surface area contributed by atoms with Crippen LogP contribution in [-0.2, 0) is 0 Å². The smallest absolute Gasteiger partial charge is 0.130 e. The number of hydrogen-bond donors (Lipinski definition) is 2. The minimum Gasteiger partial charge on any atom is -0.396 e. The van der Waals surface area contributed by atoms with Gasteiger partial charge in [0, 0.05) is 29.7 Å². The van der Waals surface area contributed by atoms with Crippen molar-refractivity contribution in [3.05, 3.63) is 35.4 Å². The predicted octanol–water partition coefficient (Wildman–Crippen LogP) is 1.98. The number of aliphatic hydroxyl groups is 1. The Hall–Kier alpha value is -1.00. The minimum atomic E-state index is -0.677. The molecular formula is C11H15F2NO. The van der Waals surface area contributed by atoms with Crippen molar-refractivity contribution in [2.45, 2.75) is 19.9 Å². The Morgan fingerprint density at radius 2 is 2.00 bits per heavy atom. The first kappa shape index (κ1) is 12.1. The van der Waals surface area contributed by atoms with E-state index in [1.807, 2.05) is 0 Å². The van der Waals surface area contributed by atoms with E-state index in [-0.39, 0.29) is 12.2 Å². The molecule has 0 bridgehead atoms. The second-order valence-corrected chi connectivity index (χ2v) is 4.29. The number of benzene rings is 1. The zero-order valence-corrected chi connectivity index (χ0v) is 8.80. The predicted molar refractivity (Wildman–Crippen MR) is 54.2 cm³/mol. The molecule has 0 fully saturated rings. The summed E-state index contributed by atoms with van der Waals surface area (Å²) in [5, 5.41) is 9.09. The van der Waals surface area contributed by atoms with Gasteiger partial charge in [0.2, 0.25) is 0 Å². The fourth-order valence-electron chi connectivity index (χ4n) is 1.27. The lowest BCUT2D eigenvalue weighted by Crippen LogP contribution is -2.33. The molecule has 0 aliphatic rings. The SMILES string of the molecule is CC(C)(CO)[C@@H](N)c1ccc(F)cc1F. The van der Waals surface area contributed by atoms with E-state index in [1.165, 1.54) is 6.07 Å². The highest BCUT2D eigenvalue weighted by molar-refractivity contribution is 5.23. The maximum atomic E-state index is 13.4. The Morgan fingerprint density at radius 3 is 2.47 bits per heavy atom. The van der Waals surface area contributed by atoms with E-state index < -0.39 is 23.1 Å². The minimum absolute atomic E-state index is 0.162. The van der Waals surface area contributed by atoms with Crippen molar-refractivity contribution in [3.8, 4) is 0 Å². The van der Waals surface area contributed by atoms with E-state index in [4.69, 9.17) is 10.8 Å². The Morgan fingerprint density at radius 1 is 1.40 bits per heavy atom. The van der Waals surface area contributed by atoms with Gasteiger partial charge in [-0.25, -0.2) is 8.78 Å². The van der Waals surface area contributed by atoms with Crippen LogP contribution in [0, 0.1) is 17.0 Å². The highest BCUT2D eigenvalue weighted by Gasteiger charge is 2.28. The summed E-state index contributed by atoms with van der Waals surface area (Å²) >= 11 is 0. The fourth-order valence-corrected chi connectivity index (χ4v) is 1.27. The van der Waals surface area contributed by atoms with Crippen LogP contribution in [-0.4, -0.2) is 11.7 Å². The van der Waals surface area contributed by atoms with Gasteiger partial charge in [-0.05, 0) is 6.07 Å². The third-order valence-corrected chi connectivity index (χ3v) is 2.55. The largest absolute Gasteiger partial charge is 0.396 e. The van der Waals surface area contributed by atoms with Gasteiger partial charge in [0.25, 0.3) is 0 Å². The van der Waals surface area contributed by atoms with Gasteiger partial charge in [0.15, 0.2) is 0 Å². The summed E-state index contributed by atoms with van der Waals surface area (Å²) in [5.74, 6) is -1.31. The molecular weight excluding hydrogens is 200 g/mol. The number of rotatable bonds is 3. The molecule has 0 unspecified atom stereocenters. The van der Waals surface area contributed by atoms with Crippen molar-refractivity contribution < 1.29 is 13.9 Å². The molecule has 0 heterocycles. The molecule has 84 valence electrons. The zero-order chi connectivity index (χ0) is 11.6. The van der Waals surface area contributed by atoms with Gasteiger partial charge in [0.05, 0.1) is 0 Å². The summed E-state index contributed by atoms with van der Waals surface area (Å²) in [7, 11) is 0. The van der Waals surface area contributed by atoms with Crippen molar-refractivity contribution in [1.29, 1.82) is 0 Å². The van der Waals surface area contributed by atoms with Crippen molar-refractivity contribution in [1.82, 2.24) is 0 Å². The average molecular weight is 215 g/mol. The summed E-state index contributed by atoms with van der Waals surface area (Å²) in [4.78, 5) is 0. The molecule has 15 heavy (non-hydrogen) atoms. The highest BCUT2D eigenvalue weighted by Crippen LogP contribution is 2.32. The Bertz CT molecular complexity index is 352. The van der Waals surface area contributed by atoms with E-state index in [1.54, 1.807) is 13.8 Å². The number of aliphatic hydroxyl groups excluding tert-OH is 1. The normalized spacial score (nSPS) is 14.0.